The SMILES string of the molecule is O=P([O-])(OCCC(F)(F)C(F)(F)C(F)(F)C(F)(F)C(F)(F)C(F)(F)C(F)(F)C(F)(F)F)OCCC(F)(F)C(F)(F)C(F)(F)C(F)(F)C(F)(F)C(F)(F)C(F)(F)C(F)(F)F.[Na+]. The third-order valence-electron chi connectivity index (χ3n) is 6.91. The molecule has 0 aromatic rings. The largest absolute Gasteiger partial charge is 1.00 e. The monoisotopic (exact) mass is 1010 g/mol. The van der Waals surface area contributed by atoms with Crippen LogP contribution >= 0.6 is 7.82 Å². The van der Waals surface area contributed by atoms with Crippen LogP contribution < -0.4 is 34.5 Å². The summed E-state index contributed by atoms with van der Waals surface area (Å²) in [4.78, 5) is 11.3. The van der Waals surface area contributed by atoms with Gasteiger partial charge in [0, 0.05) is 12.8 Å². The molecule has 356 valence electrons. The number of rotatable bonds is 20. The quantitative estimate of drug-likeness (QED) is 0.0701. The second-order valence-corrected chi connectivity index (χ2v) is 12.3. The summed E-state index contributed by atoms with van der Waals surface area (Å²) < 4.78 is 467. The smallest absolute Gasteiger partial charge is 0.756 e. The molecule has 40 heteroatoms. The topological polar surface area (TPSA) is 58.6 Å². The molecule has 0 radical (unpaired) electrons. The molecule has 4 nitrogen and oxygen atoms in total. The fourth-order valence-corrected chi connectivity index (χ4v) is 4.02. The Morgan fingerprint density at radius 2 is 0.450 bits per heavy atom. The van der Waals surface area contributed by atoms with Gasteiger partial charge in [-0.1, -0.05) is 0 Å². The summed E-state index contributed by atoms with van der Waals surface area (Å²) in [6.07, 6.45) is -23.8. The minimum atomic E-state index is -9.12. The Bertz CT molecular complexity index is 1420. The molecule has 0 saturated heterocycles. The Morgan fingerprint density at radius 1 is 0.300 bits per heavy atom. The van der Waals surface area contributed by atoms with Gasteiger partial charge in [-0.15, -0.1) is 0 Å². The summed E-state index contributed by atoms with van der Waals surface area (Å²) in [6.45, 7) is -6.35. The minimum absolute atomic E-state index is 0. The molecule has 0 heterocycles. The van der Waals surface area contributed by atoms with Crippen LogP contribution in [0.15, 0.2) is 0 Å². The van der Waals surface area contributed by atoms with Crippen molar-refractivity contribution < 1.29 is 197 Å². The van der Waals surface area contributed by atoms with Crippen molar-refractivity contribution in [2.45, 2.75) is 108 Å². The van der Waals surface area contributed by atoms with Crippen LogP contribution in [0, 0.1) is 0 Å². The molecule has 0 aliphatic rings. The number of phosphoric acid groups is 1. The maximum Gasteiger partial charge on any atom is 1.00 e. The molecule has 0 aliphatic carbocycles. The normalized spacial score (nSPS) is 16.6. The zero-order chi connectivity index (χ0) is 48.7. The van der Waals surface area contributed by atoms with Crippen LogP contribution in [-0.4, -0.2) is 108 Å². The number of hydrogen-bond donors (Lipinski definition) is 0. The summed E-state index contributed by atoms with van der Waals surface area (Å²) in [6, 6.07) is 0. The van der Waals surface area contributed by atoms with Gasteiger partial charge in [0.15, 0.2) is 0 Å². The van der Waals surface area contributed by atoms with E-state index in [1.54, 1.807) is 0 Å². The first-order chi connectivity index (χ1) is 24.9. The van der Waals surface area contributed by atoms with E-state index in [9.17, 15) is 159 Å². The van der Waals surface area contributed by atoms with Crippen LogP contribution in [0.1, 0.15) is 12.8 Å². The van der Waals surface area contributed by atoms with E-state index in [-0.39, 0.29) is 29.6 Å². The Balaban J connectivity index is 0. The van der Waals surface area contributed by atoms with E-state index in [0.717, 1.165) is 0 Å². The number of halogens is 34. The number of phosphoric ester groups is 1. The van der Waals surface area contributed by atoms with E-state index >= 15 is 0 Å². The van der Waals surface area contributed by atoms with E-state index in [2.05, 4.69) is 9.05 Å². The summed E-state index contributed by atoms with van der Waals surface area (Å²) in [7, 11) is -7.18. The summed E-state index contributed by atoms with van der Waals surface area (Å²) in [5.41, 5.74) is 0. The minimum Gasteiger partial charge on any atom is -0.756 e. The van der Waals surface area contributed by atoms with Crippen LogP contribution in [0.25, 0.3) is 0 Å². The third-order valence-corrected chi connectivity index (χ3v) is 7.90. The van der Waals surface area contributed by atoms with Crippen molar-refractivity contribution in [3.63, 3.8) is 0 Å². The second kappa shape index (κ2) is 16.3. The summed E-state index contributed by atoms with van der Waals surface area (Å²) in [5.74, 6) is -121. The van der Waals surface area contributed by atoms with Crippen LogP contribution in [0.5, 0.6) is 0 Å². The van der Waals surface area contributed by atoms with Crippen molar-refractivity contribution in [1.29, 1.82) is 0 Å². The maximum absolute atomic E-state index is 13.8. The van der Waals surface area contributed by atoms with Crippen LogP contribution in [0.3, 0.4) is 0 Å². The predicted octanol–water partition coefficient (Wildman–Crippen LogP) is 8.29. The molecule has 0 aromatic heterocycles. The standard InChI is InChI=1S/C20H9F34O4P.Na/c21-5(22,7(25,26)9(29,30)11(33,34)13(37,38)15(41,42)17(45,46)19(49,50)51)1-3-57-59(55,56)58-4-2-6(23,24)8(27,28)10(31,32)12(35,36)14(39,40)16(43,44)18(47,48)20(52,53)54;/h1-4H2,(H,55,56);/q;+1/p-1. The Hall–Kier alpha value is -1.27. The summed E-state index contributed by atoms with van der Waals surface area (Å²) in [5, 5.41) is 0. The molecular formula is C20H8F34NaO4P. The third kappa shape index (κ3) is 8.90. The zero-order valence-electron chi connectivity index (χ0n) is 26.8. The predicted molar refractivity (Wildman–Crippen MR) is 110 cm³/mol. The van der Waals surface area contributed by atoms with Gasteiger partial charge in [-0.2, -0.15) is 149 Å². The zero-order valence-corrected chi connectivity index (χ0v) is 29.7. The van der Waals surface area contributed by atoms with E-state index in [4.69, 9.17) is 0 Å². The molecule has 0 fully saturated rings. The van der Waals surface area contributed by atoms with E-state index in [0.29, 0.717) is 0 Å². The molecule has 0 amide bonds. The van der Waals surface area contributed by atoms with Crippen molar-refractivity contribution in [2.75, 3.05) is 13.2 Å². The van der Waals surface area contributed by atoms with Gasteiger partial charge in [-0.05, 0) is 0 Å². The second-order valence-electron chi connectivity index (χ2n) is 10.9. The van der Waals surface area contributed by atoms with Gasteiger partial charge in [0.25, 0.3) is 7.82 Å². The first-order valence-corrected chi connectivity index (χ1v) is 14.4. The average Bonchev–Trinajstić information content (AvgIpc) is 2.98. The van der Waals surface area contributed by atoms with Gasteiger partial charge >= 0.3 is 125 Å². The van der Waals surface area contributed by atoms with Crippen molar-refractivity contribution in [2.24, 2.45) is 0 Å². The van der Waals surface area contributed by atoms with Crippen molar-refractivity contribution in [3.05, 3.63) is 0 Å². The molecule has 0 aliphatic heterocycles. The van der Waals surface area contributed by atoms with Crippen LogP contribution in [-0.2, 0) is 13.6 Å². The molecule has 0 atom stereocenters. The summed E-state index contributed by atoms with van der Waals surface area (Å²) >= 11 is 0. The molecule has 0 aromatic carbocycles. The molecule has 0 unspecified atom stereocenters. The van der Waals surface area contributed by atoms with E-state index in [1.807, 2.05) is 0 Å². The molecule has 0 spiro atoms. The van der Waals surface area contributed by atoms with Gasteiger partial charge in [0.05, 0.1) is 13.2 Å². The first-order valence-electron chi connectivity index (χ1n) is 12.9. The molecule has 0 saturated carbocycles. The van der Waals surface area contributed by atoms with Gasteiger partial charge in [-0.3, -0.25) is 4.57 Å². The molecule has 0 N–H and O–H groups in total. The van der Waals surface area contributed by atoms with Gasteiger partial charge in [0.2, 0.25) is 0 Å². The number of alkyl halides is 34. The van der Waals surface area contributed by atoms with Gasteiger partial charge < -0.3 is 13.9 Å². The van der Waals surface area contributed by atoms with Crippen molar-refractivity contribution in [1.82, 2.24) is 0 Å². The first kappa shape index (κ1) is 60.8. The van der Waals surface area contributed by atoms with E-state index < -0.39 is 129 Å². The van der Waals surface area contributed by atoms with Crippen molar-refractivity contribution in [3.8, 4) is 0 Å². The van der Waals surface area contributed by atoms with Gasteiger partial charge in [-0.25, -0.2) is 0 Å². The van der Waals surface area contributed by atoms with E-state index in [1.165, 1.54) is 0 Å². The number of hydrogen-bond acceptors (Lipinski definition) is 4. The van der Waals surface area contributed by atoms with Crippen LogP contribution in [0.4, 0.5) is 149 Å². The molecule has 0 rings (SSSR count). The van der Waals surface area contributed by atoms with Gasteiger partial charge in [0.1, 0.15) is 0 Å². The Kier molecular flexibility index (Phi) is 16.5. The van der Waals surface area contributed by atoms with Crippen molar-refractivity contribution >= 4 is 7.82 Å². The molecule has 60 heavy (non-hydrogen) atoms. The maximum atomic E-state index is 13.8. The molecular weight excluding hydrogens is 1000 g/mol. The fourth-order valence-electron chi connectivity index (χ4n) is 3.32. The fraction of sp³-hybridized carbons (Fsp3) is 1.00. The average molecular weight is 1010 g/mol. The Morgan fingerprint density at radius 3 is 0.617 bits per heavy atom. The van der Waals surface area contributed by atoms with Crippen LogP contribution in [0.2, 0.25) is 0 Å². The Labute approximate surface area is 326 Å². The molecule has 0 bridgehead atoms.